The maximum Gasteiger partial charge on any atom is 0.389 e. The van der Waals surface area contributed by atoms with Gasteiger partial charge in [0.25, 0.3) is 0 Å². The predicted molar refractivity (Wildman–Crippen MR) is 51.7 cm³/mol. The van der Waals surface area contributed by atoms with E-state index < -0.39 is 12.6 Å². The summed E-state index contributed by atoms with van der Waals surface area (Å²) in [5.41, 5.74) is 0. The predicted octanol–water partition coefficient (Wildman–Crippen LogP) is 2.49. The van der Waals surface area contributed by atoms with Crippen molar-refractivity contribution >= 4 is 0 Å². The zero-order chi connectivity index (χ0) is 11.3. The minimum atomic E-state index is -4.03. The number of hydrogen-bond donors (Lipinski definition) is 1. The number of alkyl halides is 3. The monoisotopic (exact) mass is 225 g/mol. The van der Waals surface area contributed by atoms with Crippen molar-refractivity contribution in [1.82, 2.24) is 5.32 Å². The van der Waals surface area contributed by atoms with Crippen LogP contribution in [0.25, 0.3) is 0 Å². The summed E-state index contributed by atoms with van der Waals surface area (Å²) < 4.78 is 41.3. The fraction of sp³-hybridized carbons (Fsp3) is 1.00. The first-order valence-electron chi connectivity index (χ1n) is 5.38. The van der Waals surface area contributed by atoms with Crippen molar-refractivity contribution in [2.24, 2.45) is 0 Å². The minimum Gasteiger partial charge on any atom is -0.377 e. The van der Waals surface area contributed by atoms with E-state index in [1.165, 1.54) is 0 Å². The van der Waals surface area contributed by atoms with E-state index in [9.17, 15) is 13.2 Å². The van der Waals surface area contributed by atoms with Gasteiger partial charge in [0.05, 0.1) is 6.10 Å². The van der Waals surface area contributed by atoms with Gasteiger partial charge in [-0.25, -0.2) is 0 Å². The molecule has 1 fully saturated rings. The van der Waals surface area contributed by atoms with Crippen LogP contribution in [0.4, 0.5) is 13.2 Å². The molecule has 0 aliphatic carbocycles. The van der Waals surface area contributed by atoms with Crippen LogP contribution in [-0.4, -0.2) is 32.0 Å². The molecule has 15 heavy (non-hydrogen) atoms. The molecule has 2 unspecified atom stereocenters. The third-order valence-electron chi connectivity index (χ3n) is 2.76. The second-order valence-corrected chi connectivity index (χ2v) is 3.95. The number of nitrogens with one attached hydrogen (secondary N) is 1. The van der Waals surface area contributed by atoms with Gasteiger partial charge >= 0.3 is 6.18 Å². The summed E-state index contributed by atoms with van der Waals surface area (Å²) in [6.45, 7) is 0.738. The first kappa shape index (κ1) is 12.8. The Morgan fingerprint density at radius 3 is 2.67 bits per heavy atom. The van der Waals surface area contributed by atoms with E-state index in [-0.39, 0.29) is 18.6 Å². The van der Waals surface area contributed by atoms with Crippen LogP contribution in [-0.2, 0) is 4.74 Å². The molecule has 0 radical (unpaired) electrons. The van der Waals surface area contributed by atoms with E-state index in [0.29, 0.717) is 6.42 Å². The highest BCUT2D eigenvalue weighted by molar-refractivity contribution is 4.79. The van der Waals surface area contributed by atoms with Crippen molar-refractivity contribution in [2.75, 3.05) is 13.7 Å². The molecule has 2 atom stereocenters. The van der Waals surface area contributed by atoms with Crippen LogP contribution in [0, 0.1) is 0 Å². The second kappa shape index (κ2) is 5.70. The quantitative estimate of drug-likeness (QED) is 0.776. The normalized spacial score (nSPS) is 24.4. The molecule has 90 valence electrons. The van der Waals surface area contributed by atoms with Gasteiger partial charge in [0.1, 0.15) is 0 Å². The molecule has 2 nitrogen and oxygen atoms in total. The van der Waals surface area contributed by atoms with Gasteiger partial charge in [0, 0.05) is 19.1 Å². The number of ether oxygens (including phenoxy) is 1. The van der Waals surface area contributed by atoms with Gasteiger partial charge in [-0.3, -0.25) is 0 Å². The third-order valence-corrected chi connectivity index (χ3v) is 2.76. The van der Waals surface area contributed by atoms with Crippen LogP contribution >= 0.6 is 0 Å². The van der Waals surface area contributed by atoms with Crippen molar-refractivity contribution in [3.63, 3.8) is 0 Å². The molecule has 0 spiro atoms. The van der Waals surface area contributed by atoms with Gasteiger partial charge in [0.15, 0.2) is 0 Å². The largest absolute Gasteiger partial charge is 0.389 e. The molecule has 0 aromatic carbocycles. The standard InChI is InChI=1S/C10H18F3NO/c1-14-8(9-5-3-7-15-9)4-2-6-10(11,12)13/h8-9,14H,2-7H2,1H3. The molecule has 1 N–H and O–H groups in total. The summed E-state index contributed by atoms with van der Waals surface area (Å²) in [4.78, 5) is 0. The summed E-state index contributed by atoms with van der Waals surface area (Å²) in [6.07, 6.45) is -1.95. The van der Waals surface area contributed by atoms with Crippen LogP contribution in [0.1, 0.15) is 32.1 Å². The van der Waals surface area contributed by atoms with Crippen molar-refractivity contribution < 1.29 is 17.9 Å². The fourth-order valence-corrected chi connectivity index (χ4v) is 1.96. The van der Waals surface area contributed by atoms with E-state index in [2.05, 4.69) is 5.32 Å². The molecule has 1 saturated heterocycles. The highest BCUT2D eigenvalue weighted by Crippen LogP contribution is 2.25. The van der Waals surface area contributed by atoms with E-state index in [1.54, 1.807) is 7.05 Å². The van der Waals surface area contributed by atoms with Crippen molar-refractivity contribution in [3.8, 4) is 0 Å². The molecule has 1 aliphatic rings. The van der Waals surface area contributed by atoms with Crippen molar-refractivity contribution in [1.29, 1.82) is 0 Å². The lowest BCUT2D eigenvalue weighted by Crippen LogP contribution is -2.37. The Morgan fingerprint density at radius 1 is 1.47 bits per heavy atom. The summed E-state index contributed by atoms with van der Waals surface area (Å²) >= 11 is 0. The first-order chi connectivity index (χ1) is 7.03. The number of halogens is 3. The molecule has 0 amide bonds. The summed E-state index contributed by atoms with van der Waals surface area (Å²) in [5.74, 6) is 0. The molecular formula is C10H18F3NO. The van der Waals surface area contributed by atoms with Gasteiger partial charge in [-0.15, -0.1) is 0 Å². The lowest BCUT2D eigenvalue weighted by Gasteiger charge is -2.22. The van der Waals surface area contributed by atoms with E-state index >= 15 is 0 Å². The van der Waals surface area contributed by atoms with Crippen LogP contribution in [0.2, 0.25) is 0 Å². The van der Waals surface area contributed by atoms with Crippen LogP contribution in [0.5, 0.6) is 0 Å². The average molecular weight is 225 g/mol. The van der Waals surface area contributed by atoms with E-state index in [4.69, 9.17) is 4.74 Å². The zero-order valence-electron chi connectivity index (χ0n) is 8.94. The van der Waals surface area contributed by atoms with Crippen LogP contribution in [0.15, 0.2) is 0 Å². The Balaban J connectivity index is 2.21. The lowest BCUT2D eigenvalue weighted by atomic mass is 10.0. The highest BCUT2D eigenvalue weighted by Gasteiger charge is 2.29. The highest BCUT2D eigenvalue weighted by atomic mass is 19.4. The van der Waals surface area contributed by atoms with Gasteiger partial charge in [-0.2, -0.15) is 13.2 Å². The second-order valence-electron chi connectivity index (χ2n) is 3.95. The van der Waals surface area contributed by atoms with E-state index in [1.807, 2.05) is 0 Å². The number of rotatable bonds is 5. The van der Waals surface area contributed by atoms with Crippen LogP contribution in [0.3, 0.4) is 0 Å². The Hall–Kier alpha value is -0.290. The first-order valence-corrected chi connectivity index (χ1v) is 5.38. The summed E-state index contributed by atoms with van der Waals surface area (Å²) in [5, 5.41) is 3.04. The fourth-order valence-electron chi connectivity index (χ4n) is 1.96. The third kappa shape index (κ3) is 4.84. The van der Waals surface area contributed by atoms with Gasteiger partial charge in [0.2, 0.25) is 0 Å². The minimum absolute atomic E-state index is 0.0647. The average Bonchev–Trinajstić information content (AvgIpc) is 2.63. The van der Waals surface area contributed by atoms with E-state index in [0.717, 1.165) is 19.4 Å². The molecule has 0 aromatic rings. The molecule has 1 aliphatic heterocycles. The number of hydrogen-bond acceptors (Lipinski definition) is 2. The Kier molecular flexibility index (Phi) is 4.86. The molecule has 1 rings (SSSR count). The molecular weight excluding hydrogens is 207 g/mol. The smallest absolute Gasteiger partial charge is 0.377 e. The maximum atomic E-state index is 11.9. The summed E-state index contributed by atoms with van der Waals surface area (Å²) in [7, 11) is 1.78. The molecule has 5 heteroatoms. The molecule has 0 saturated carbocycles. The zero-order valence-corrected chi connectivity index (χ0v) is 8.94. The van der Waals surface area contributed by atoms with Gasteiger partial charge in [-0.05, 0) is 32.7 Å². The molecule has 0 aromatic heterocycles. The van der Waals surface area contributed by atoms with Crippen LogP contribution < -0.4 is 5.32 Å². The molecule has 1 heterocycles. The Bertz CT molecular complexity index is 178. The molecule has 0 bridgehead atoms. The topological polar surface area (TPSA) is 21.3 Å². The maximum absolute atomic E-state index is 11.9. The lowest BCUT2D eigenvalue weighted by molar-refractivity contribution is -0.136. The van der Waals surface area contributed by atoms with Crippen molar-refractivity contribution in [3.05, 3.63) is 0 Å². The number of likely N-dealkylation sites (N-methyl/N-ethyl adjacent to an activating group) is 1. The Labute approximate surface area is 88.2 Å². The summed E-state index contributed by atoms with van der Waals surface area (Å²) in [6, 6.07) is 0.0647. The SMILES string of the molecule is CNC(CCCC(F)(F)F)C1CCCO1. The van der Waals surface area contributed by atoms with Gasteiger partial charge in [-0.1, -0.05) is 0 Å². The van der Waals surface area contributed by atoms with Crippen molar-refractivity contribution in [2.45, 2.75) is 50.4 Å². The van der Waals surface area contributed by atoms with Gasteiger partial charge < -0.3 is 10.1 Å². The Morgan fingerprint density at radius 2 is 2.20 bits per heavy atom.